The van der Waals surface area contributed by atoms with Gasteiger partial charge >= 0.3 is 0 Å². The Morgan fingerprint density at radius 3 is 1.08 bits per heavy atom. The fourth-order valence-electron chi connectivity index (χ4n) is 7.70. The first-order chi connectivity index (χ1) is 29.0. The van der Waals surface area contributed by atoms with Crippen molar-refractivity contribution < 1.29 is 55.8 Å². The minimum absolute atomic E-state index is 0.00611. The number of fused-ring (bicyclic) bond motifs is 2. The molecule has 0 fully saturated rings. The maximum Gasteiger partial charge on any atom is 0.238 e. The van der Waals surface area contributed by atoms with Gasteiger partial charge in [0.2, 0.25) is 43.2 Å². The lowest BCUT2D eigenvalue weighted by atomic mass is 9.80. The zero-order chi connectivity index (χ0) is 45.9. The average Bonchev–Trinajstić information content (AvgIpc) is 3.19. The molecule has 2 aliphatic carbocycles. The van der Waals surface area contributed by atoms with Crippen molar-refractivity contribution in [3.63, 3.8) is 0 Å². The van der Waals surface area contributed by atoms with Crippen LogP contribution in [-0.4, -0.2) is 62.8 Å². The number of nitrogens with two attached hydrogens (primary N) is 2. The zero-order valence-electron chi connectivity index (χ0n) is 33.9. The molecule has 20 heteroatoms. The van der Waals surface area contributed by atoms with Crippen LogP contribution < -0.4 is 52.9 Å². The molecule has 0 unspecified atom stereocenters. The van der Waals surface area contributed by atoms with Gasteiger partial charge in [-0.3, -0.25) is 39.6 Å². The molecule has 0 spiro atoms. The van der Waals surface area contributed by atoms with Crippen molar-refractivity contribution in [1.82, 2.24) is 0 Å². The maximum absolute atomic E-state index is 13.7. The quantitative estimate of drug-likeness (QED) is 0.0384. The van der Waals surface area contributed by atoms with Gasteiger partial charge < -0.3 is 21.1 Å². The van der Waals surface area contributed by atoms with Crippen LogP contribution in [0.15, 0.2) is 58.3 Å². The number of sulfonamides is 2. The molecule has 4 aromatic rings. The third-order valence-corrected chi connectivity index (χ3v) is 12.4. The normalized spacial score (nSPS) is 14.3. The summed E-state index contributed by atoms with van der Waals surface area (Å²) in [5, 5.41) is 34.5. The molecular weight excluding hydrogens is 845 g/mol. The summed E-state index contributed by atoms with van der Waals surface area (Å²) in [4.78, 5) is 79.5. The van der Waals surface area contributed by atoms with Gasteiger partial charge in [-0.05, 0) is 85.3 Å². The molecule has 6 rings (SSSR count). The molecule has 0 amide bonds. The summed E-state index contributed by atoms with van der Waals surface area (Å²) in [6, 6.07) is 10.3. The van der Waals surface area contributed by atoms with E-state index in [1.807, 2.05) is 0 Å². The van der Waals surface area contributed by atoms with Gasteiger partial charge in [-0.2, -0.15) is 0 Å². The van der Waals surface area contributed by atoms with Crippen LogP contribution in [0.1, 0.15) is 38.8 Å². The number of carbonyl (C=O) groups is 6. The van der Waals surface area contributed by atoms with Crippen LogP contribution in [0, 0.1) is 25.7 Å². The molecule has 0 saturated carbocycles. The van der Waals surface area contributed by atoms with Gasteiger partial charge in [0.15, 0.2) is 12.6 Å². The molecule has 0 heterocycles. The molecule has 322 valence electrons. The molecule has 62 heavy (non-hydrogen) atoms. The van der Waals surface area contributed by atoms with Crippen LogP contribution >= 0.6 is 0 Å². The van der Waals surface area contributed by atoms with Crippen molar-refractivity contribution in [3.05, 3.63) is 80.5 Å². The highest BCUT2D eigenvalue weighted by Crippen LogP contribution is 2.42. The molecule has 0 atom stereocenters. The Hall–Kier alpha value is -7.00. The van der Waals surface area contributed by atoms with Gasteiger partial charge in [-0.15, -0.1) is 0 Å². The number of rotatable bonds is 13. The van der Waals surface area contributed by atoms with Crippen LogP contribution in [0.25, 0.3) is 33.4 Å². The van der Waals surface area contributed by atoms with Gasteiger partial charge in [-0.25, -0.2) is 27.1 Å². The maximum atomic E-state index is 13.7. The number of aldehydes is 2. The fraction of sp³-hybridized carbons (Fsp3) is 0.190. The molecule has 0 radical (unpaired) electrons. The second-order valence-electron chi connectivity index (χ2n) is 15.1. The highest BCUT2D eigenvalue weighted by Gasteiger charge is 2.37. The number of aromatic hydroxyl groups is 2. The molecule has 4 aromatic carbocycles. The first-order valence-corrected chi connectivity index (χ1v) is 21.7. The lowest BCUT2D eigenvalue weighted by molar-refractivity contribution is -0.130. The van der Waals surface area contributed by atoms with Gasteiger partial charge in [0.05, 0.1) is 43.7 Å². The number of phenolic OH excluding ortho intramolecular Hbond substituents is 2. The highest BCUT2D eigenvalue weighted by molar-refractivity contribution is 7.89. The van der Waals surface area contributed by atoms with Crippen molar-refractivity contribution in [2.45, 2.75) is 51.3 Å². The Morgan fingerprint density at radius 1 is 0.516 bits per heavy atom. The minimum atomic E-state index is -4.06. The van der Waals surface area contributed by atoms with E-state index in [9.17, 15) is 55.8 Å². The molecule has 0 aliphatic heterocycles. The Balaban J connectivity index is 1.78. The summed E-state index contributed by atoms with van der Waals surface area (Å²) in [5.41, 5.74) is 10.3. The van der Waals surface area contributed by atoms with Crippen molar-refractivity contribution in [2.75, 3.05) is 21.7 Å². The van der Waals surface area contributed by atoms with Gasteiger partial charge in [0.1, 0.15) is 11.5 Å². The molecule has 0 aromatic heterocycles. The third kappa shape index (κ3) is 7.42. The van der Waals surface area contributed by atoms with Gasteiger partial charge in [0.25, 0.3) is 0 Å². The Kier molecular flexibility index (Phi) is 11.6. The molecule has 10 N–H and O–H groups in total. The number of primary sulfonamides is 2. The number of ketones is 4. The largest absolute Gasteiger partial charge is 0.507 e. The van der Waals surface area contributed by atoms with E-state index in [1.54, 1.807) is 27.7 Å². The summed E-state index contributed by atoms with van der Waals surface area (Å²) in [7, 11) is -8.12. The average molecular weight is 885 g/mol. The minimum Gasteiger partial charge on any atom is -0.507 e. The van der Waals surface area contributed by atoms with Gasteiger partial charge in [0, 0.05) is 43.1 Å². The van der Waals surface area contributed by atoms with E-state index in [0.717, 1.165) is 0 Å². The fourth-order valence-corrected chi connectivity index (χ4v) is 8.73. The van der Waals surface area contributed by atoms with E-state index >= 15 is 0 Å². The monoisotopic (exact) mass is 884 g/mol. The van der Waals surface area contributed by atoms with Crippen LogP contribution in [0.5, 0.6) is 11.5 Å². The summed E-state index contributed by atoms with van der Waals surface area (Å²) < 4.78 is 47.7. The molecule has 18 nitrogen and oxygen atoms in total. The lowest BCUT2D eigenvalue weighted by Gasteiger charge is -2.27. The van der Waals surface area contributed by atoms with Crippen LogP contribution in [-0.2, 0) is 48.8 Å². The summed E-state index contributed by atoms with van der Waals surface area (Å²) in [6.07, 6.45) is 0.227. The highest BCUT2D eigenvalue weighted by atomic mass is 32.2. The van der Waals surface area contributed by atoms with E-state index in [1.165, 1.54) is 62.4 Å². The number of hydrogen-bond acceptors (Lipinski definition) is 16. The summed E-state index contributed by atoms with van der Waals surface area (Å²) in [6.45, 7) is 9.42. The number of nitrogens with one attached hydrogen (secondary N) is 4. The SMILES string of the molecule is Cc1c(-c2c(C)c(NNc3ccc(S(N)(=O)=O)cc3)c3c(c2O)=C(C=O)C(=O)C(=O)C=3C(C)C)c(O)c2c(c1NNc1ccc(S(N)(=O)=O)cc1)=C(C(C)C)C(=O)C(=O)C=2C=O. The molecule has 0 saturated heterocycles. The van der Waals surface area contributed by atoms with Crippen molar-refractivity contribution in [2.24, 2.45) is 22.1 Å². The Bertz CT molecular complexity index is 3000. The molecule has 0 bridgehead atoms. The van der Waals surface area contributed by atoms with Crippen LogP contribution in [0.3, 0.4) is 0 Å². The van der Waals surface area contributed by atoms with Crippen LogP contribution in [0.4, 0.5) is 22.7 Å². The van der Waals surface area contributed by atoms with Crippen molar-refractivity contribution >= 4 is 101 Å². The first-order valence-electron chi connectivity index (χ1n) is 18.6. The predicted molar refractivity (Wildman–Crippen MR) is 229 cm³/mol. The smallest absolute Gasteiger partial charge is 0.238 e. The number of hydrazine groups is 2. The first kappa shape index (κ1) is 44.5. The number of anilines is 4. The second-order valence-corrected chi connectivity index (χ2v) is 18.2. The van der Waals surface area contributed by atoms with E-state index in [2.05, 4.69) is 21.7 Å². The van der Waals surface area contributed by atoms with Gasteiger partial charge in [-0.1, -0.05) is 27.7 Å². The lowest BCUT2D eigenvalue weighted by Crippen LogP contribution is -2.46. The zero-order valence-corrected chi connectivity index (χ0v) is 35.5. The standard InChI is InChI=1S/C42H40N6O12S2/c1-17(2)27-33-31(25(15-49)37(51)41(27)55)39(53)29(19(5)35(33)47-45-21-7-11-23(12-8-21)61(43,57)58)30-20(6)36(48-46-22-9-13-24(14-10-22)62(44,59)60)34-28(18(3)4)42(56)38(52)26(16-50)32(34)40(30)54/h7-18,45-48,53-54H,1-6H3,(H2,43,57,58)(H2,44,59,60). The van der Waals surface area contributed by atoms with Crippen molar-refractivity contribution in [3.8, 4) is 22.6 Å². The Morgan fingerprint density at radius 2 is 0.823 bits per heavy atom. The number of carbonyl (C=O) groups excluding carboxylic acids is 6. The van der Waals surface area contributed by atoms with Crippen molar-refractivity contribution in [1.29, 1.82) is 0 Å². The van der Waals surface area contributed by atoms with E-state index in [0.29, 0.717) is 0 Å². The predicted octanol–water partition coefficient (Wildman–Crippen LogP) is 0.171. The van der Waals surface area contributed by atoms with E-state index in [-0.39, 0.29) is 99.4 Å². The summed E-state index contributed by atoms with van der Waals surface area (Å²) >= 11 is 0. The number of phenols is 2. The van der Waals surface area contributed by atoms with Crippen LogP contribution in [0.2, 0.25) is 0 Å². The number of benzene rings is 4. The third-order valence-electron chi connectivity index (χ3n) is 10.6. The van der Waals surface area contributed by atoms with E-state index in [4.69, 9.17) is 10.3 Å². The number of Topliss-reactive ketones (excluding diaryl/α,β-unsaturated/α-hetero) is 4. The Labute approximate surface area is 353 Å². The summed E-state index contributed by atoms with van der Waals surface area (Å²) in [5.74, 6) is -7.33. The topological polar surface area (TPSA) is 311 Å². The second kappa shape index (κ2) is 16.1. The number of hydrogen-bond donors (Lipinski definition) is 8. The molecular formula is C42H40N6O12S2. The molecule has 2 aliphatic rings. The van der Waals surface area contributed by atoms with E-state index < -0.39 is 77.7 Å².